The molecule has 0 saturated carbocycles. The van der Waals surface area contributed by atoms with Crippen LogP contribution in [0.25, 0.3) is 0 Å². The molecule has 1 aromatic heterocycles. The van der Waals surface area contributed by atoms with Crippen molar-refractivity contribution in [3.05, 3.63) is 32.6 Å². The highest BCUT2D eigenvalue weighted by Crippen LogP contribution is 2.32. The quantitative estimate of drug-likeness (QED) is 0.688. The van der Waals surface area contributed by atoms with Crippen molar-refractivity contribution in [1.82, 2.24) is 9.30 Å². The first-order chi connectivity index (χ1) is 8.26. The molecule has 9 heteroatoms. The van der Waals surface area contributed by atoms with Crippen LogP contribution >= 0.6 is 7.60 Å². The monoisotopic (exact) mass is 278 g/mol. The van der Waals surface area contributed by atoms with Crippen LogP contribution in [0.5, 0.6) is 0 Å². The van der Waals surface area contributed by atoms with E-state index in [9.17, 15) is 14.2 Å². The van der Waals surface area contributed by atoms with Crippen molar-refractivity contribution in [2.24, 2.45) is 0 Å². The second kappa shape index (κ2) is 5.51. The zero-order chi connectivity index (χ0) is 13.9. The van der Waals surface area contributed by atoms with Gasteiger partial charge in [-0.3, -0.25) is 13.9 Å². The highest BCUT2D eigenvalue weighted by Gasteiger charge is 2.16. The molecule has 0 radical (unpaired) electrons. The zero-order valence-corrected chi connectivity index (χ0v) is 11.0. The molecule has 0 fully saturated rings. The molecule has 0 aliphatic heterocycles. The molecule has 18 heavy (non-hydrogen) atoms. The van der Waals surface area contributed by atoms with E-state index in [2.05, 4.69) is 0 Å². The molecule has 2 N–H and O–H groups in total. The van der Waals surface area contributed by atoms with Crippen molar-refractivity contribution in [2.75, 3.05) is 6.35 Å². The molecule has 8 nitrogen and oxygen atoms in total. The Morgan fingerprint density at radius 2 is 2.00 bits per heavy atom. The molecule has 0 aliphatic carbocycles. The van der Waals surface area contributed by atoms with Crippen molar-refractivity contribution in [2.45, 2.75) is 26.8 Å². The van der Waals surface area contributed by atoms with Gasteiger partial charge in [0, 0.05) is 12.1 Å². The van der Waals surface area contributed by atoms with E-state index in [0.717, 1.165) is 10.8 Å². The maximum Gasteiger partial charge on any atom is 0.365 e. The second-order valence-electron chi connectivity index (χ2n) is 3.80. The summed E-state index contributed by atoms with van der Waals surface area (Å²) in [5.74, 6) is 0. The first kappa shape index (κ1) is 14.7. The third-order valence-corrected chi connectivity index (χ3v) is 2.58. The lowest BCUT2D eigenvalue weighted by Gasteiger charge is -2.12. The lowest BCUT2D eigenvalue weighted by atomic mass is 10.3. The van der Waals surface area contributed by atoms with Gasteiger partial charge in [-0.15, -0.1) is 4.73 Å². The van der Waals surface area contributed by atoms with Gasteiger partial charge in [-0.2, -0.15) is 0 Å². The Kier molecular flexibility index (Phi) is 4.50. The Morgan fingerprint density at radius 3 is 2.50 bits per heavy atom. The minimum Gasteiger partial charge on any atom is -0.397 e. The van der Waals surface area contributed by atoms with E-state index < -0.39 is 25.2 Å². The van der Waals surface area contributed by atoms with Crippen LogP contribution in [-0.2, 0) is 11.1 Å². The van der Waals surface area contributed by atoms with E-state index in [0.29, 0.717) is 11.2 Å². The van der Waals surface area contributed by atoms with Crippen LogP contribution in [0.3, 0.4) is 0 Å². The molecular formula is C9H15N2O6P. The minimum absolute atomic E-state index is 0.221. The van der Waals surface area contributed by atoms with Crippen LogP contribution < -0.4 is 16.1 Å². The third-order valence-electron chi connectivity index (χ3n) is 2.13. The molecular weight excluding hydrogens is 263 g/mol. The van der Waals surface area contributed by atoms with Gasteiger partial charge in [-0.25, -0.2) is 4.79 Å². The third kappa shape index (κ3) is 3.56. The van der Waals surface area contributed by atoms with Crippen LogP contribution in [0.15, 0.2) is 15.8 Å². The molecule has 0 saturated heterocycles. The van der Waals surface area contributed by atoms with Crippen LogP contribution in [0, 0.1) is 6.92 Å². The SMILES string of the molecule is CCCn1c(=O)c(C)cn(OCP(=O)(O)O)c1=O. The molecule has 0 bridgehead atoms. The summed E-state index contributed by atoms with van der Waals surface area (Å²) in [6, 6.07) is 0. The van der Waals surface area contributed by atoms with Gasteiger partial charge in [-0.05, 0) is 13.3 Å². The summed E-state index contributed by atoms with van der Waals surface area (Å²) >= 11 is 0. The molecule has 102 valence electrons. The number of rotatable bonds is 5. The van der Waals surface area contributed by atoms with E-state index in [1.54, 1.807) is 6.92 Å². The Morgan fingerprint density at radius 1 is 1.39 bits per heavy atom. The minimum atomic E-state index is -4.38. The average molecular weight is 278 g/mol. The van der Waals surface area contributed by atoms with Gasteiger partial charge >= 0.3 is 13.3 Å². The van der Waals surface area contributed by atoms with Gasteiger partial charge in [-0.1, -0.05) is 6.92 Å². The van der Waals surface area contributed by atoms with Crippen molar-refractivity contribution in [1.29, 1.82) is 0 Å². The first-order valence-electron chi connectivity index (χ1n) is 5.27. The second-order valence-corrected chi connectivity index (χ2v) is 5.39. The predicted octanol–water partition coefficient (Wildman–Crippen LogP) is -0.708. The molecule has 0 spiro atoms. The number of aromatic nitrogens is 2. The van der Waals surface area contributed by atoms with Crippen LogP contribution in [0.1, 0.15) is 18.9 Å². The molecule has 0 amide bonds. The van der Waals surface area contributed by atoms with E-state index >= 15 is 0 Å². The standard InChI is InChI=1S/C9H15N2O6P/c1-3-4-10-8(12)7(2)5-11(9(10)13)17-6-18(14,15)16/h5H,3-4,6H2,1-2H3,(H2,14,15,16). The topological polar surface area (TPSA) is 111 Å². The number of hydrogen-bond donors (Lipinski definition) is 2. The van der Waals surface area contributed by atoms with Crippen molar-refractivity contribution >= 4 is 7.60 Å². The van der Waals surface area contributed by atoms with Gasteiger partial charge in [0.1, 0.15) is 0 Å². The summed E-state index contributed by atoms with van der Waals surface area (Å²) in [5.41, 5.74) is -0.924. The Hall–Kier alpha value is -1.37. The summed E-state index contributed by atoms with van der Waals surface area (Å²) in [7, 11) is -4.38. The van der Waals surface area contributed by atoms with E-state index in [1.165, 1.54) is 6.92 Å². The highest BCUT2D eigenvalue weighted by molar-refractivity contribution is 7.51. The largest absolute Gasteiger partial charge is 0.397 e. The molecule has 1 aromatic rings. The van der Waals surface area contributed by atoms with Crippen molar-refractivity contribution < 1.29 is 19.2 Å². The van der Waals surface area contributed by atoms with Gasteiger partial charge in [0.15, 0.2) is 0 Å². The van der Waals surface area contributed by atoms with Gasteiger partial charge < -0.3 is 14.6 Å². The van der Waals surface area contributed by atoms with Crippen LogP contribution in [0.2, 0.25) is 0 Å². The van der Waals surface area contributed by atoms with E-state index in [-0.39, 0.29) is 12.1 Å². The van der Waals surface area contributed by atoms with E-state index in [4.69, 9.17) is 14.6 Å². The van der Waals surface area contributed by atoms with Crippen molar-refractivity contribution in [3.8, 4) is 0 Å². The fourth-order valence-corrected chi connectivity index (χ4v) is 1.63. The normalized spacial score (nSPS) is 11.6. The Balaban J connectivity index is 3.18. The molecule has 0 unspecified atom stereocenters. The van der Waals surface area contributed by atoms with Crippen LogP contribution in [0.4, 0.5) is 0 Å². The smallest absolute Gasteiger partial charge is 0.365 e. The fourth-order valence-electron chi connectivity index (χ4n) is 1.36. The predicted molar refractivity (Wildman–Crippen MR) is 63.5 cm³/mol. The molecule has 0 aromatic carbocycles. The number of nitrogens with zero attached hydrogens (tertiary/aromatic N) is 2. The number of hydrogen-bond acceptors (Lipinski definition) is 4. The van der Waals surface area contributed by atoms with E-state index in [1.807, 2.05) is 0 Å². The molecule has 0 atom stereocenters. The lowest BCUT2D eigenvalue weighted by Crippen LogP contribution is -2.43. The Bertz CT molecular complexity index is 584. The summed E-state index contributed by atoms with van der Waals surface area (Å²) in [6.45, 7) is 3.51. The maximum absolute atomic E-state index is 11.8. The Labute approximate surface area is 103 Å². The van der Waals surface area contributed by atoms with Gasteiger partial charge in [0.2, 0.25) is 6.35 Å². The summed E-state index contributed by atoms with van der Waals surface area (Å²) < 4.78 is 12.3. The lowest BCUT2D eigenvalue weighted by molar-refractivity contribution is 0.115. The highest BCUT2D eigenvalue weighted by atomic mass is 31.2. The van der Waals surface area contributed by atoms with Gasteiger partial charge in [0.25, 0.3) is 5.56 Å². The first-order valence-corrected chi connectivity index (χ1v) is 7.07. The number of aryl methyl sites for hydroxylation is 1. The summed E-state index contributed by atoms with van der Waals surface area (Å²) in [6.07, 6.45) is 0.778. The molecule has 1 rings (SSSR count). The average Bonchev–Trinajstić information content (AvgIpc) is 2.26. The summed E-state index contributed by atoms with van der Waals surface area (Å²) in [4.78, 5) is 45.5. The molecule has 0 aliphatic rings. The summed E-state index contributed by atoms with van der Waals surface area (Å²) in [5, 5.41) is 0. The zero-order valence-electron chi connectivity index (χ0n) is 10.1. The van der Waals surface area contributed by atoms with Gasteiger partial charge in [0.05, 0.1) is 6.20 Å². The van der Waals surface area contributed by atoms with Crippen molar-refractivity contribution in [3.63, 3.8) is 0 Å². The molecule has 1 heterocycles. The van der Waals surface area contributed by atoms with Crippen LogP contribution in [-0.4, -0.2) is 25.4 Å². The fraction of sp³-hybridized carbons (Fsp3) is 0.556. The maximum atomic E-state index is 11.8.